The smallest absolute Gasteiger partial charge is 0.232 e. The Balaban J connectivity index is 2.73. The van der Waals surface area contributed by atoms with Gasteiger partial charge in [-0.25, -0.2) is 8.42 Å². The molecule has 0 radical (unpaired) electrons. The second-order valence-corrected chi connectivity index (χ2v) is 4.97. The SMILES string of the molecule is CCOc1ccc(NS(=O)(=O)CC)cc1. The van der Waals surface area contributed by atoms with Gasteiger partial charge in [0.2, 0.25) is 10.0 Å². The van der Waals surface area contributed by atoms with Crippen molar-refractivity contribution < 1.29 is 13.2 Å². The van der Waals surface area contributed by atoms with E-state index in [4.69, 9.17) is 4.74 Å². The third-order valence-corrected chi connectivity index (χ3v) is 3.13. The van der Waals surface area contributed by atoms with Crippen molar-refractivity contribution >= 4 is 15.7 Å². The molecule has 0 aliphatic carbocycles. The standard InChI is InChI=1S/C10H15NO3S/c1-3-14-10-7-5-9(6-8-10)11-15(12,13)4-2/h5-8,11H,3-4H2,1-2H3. The summed E-state index contributed by atoms with van der Waals surface area (Å²) < 4.78 is 30.2. The molecule has 4 nitrogen and oxygen atoms in total. The highest BCUT2D eigenvalue weighted by Gasteiger charge is 2.05. The van der Waals surface area contributed by atoms with Crippen molar-refractivity contribution in [2.45, 2.75) is 13.8 Å². The van der Waals surface area contributed by atoms with E-state index in [9.17, 15) is 8.42 Å². The highest BCUT2D eigenvalue weighted by atomic mass is 32.2. The van der Waals surface area contributed by atoms with Crippen LogP contribution in [0.4, 0.5) is 5.69 Å². The fraction of sp³-hybridized carbons (Fsp3) is 0.400. The van der Waals surface area contributed by atoms with Crippen molar-refractivity contribution in [3.63, 3.8) is 0 Å². The highest BCUT2D eigenvalue weighted by molar-refractivity contribution is 7.92. The van der Waals surface area contributed by atoms with Crippen molar-refractivity contribution in [2.75, 3.05) is 17.1 Å². The van der Waals surface area contributed by atoms with E-state index in [1.54, 1.807) is 31.2 Å². The zero-order valence-electron chi connectivity index (χ0n) is 8.86. The maximum atomic E-state index is 11.2. The van der Waals surface area contributed by atoms with Gasteiger partial charge in [-0.05, 0) is 38.1 Å². The van der Waals surface area contributed by atoms with Gasteiger partial charge in [0.25, 0.3) is 0 Å². The van der Waals surface area contributed by atoms with E-state index in [1.165, 1.54) is 0 Å². The largest absolute Gasteiger partial charge is 0.494 e. The van der Waals surface area contributed by atoms with Crippen LogP contribution in [-0.2, 0) is 10.0 Å². The fourth-order valence-corrected chi connectivity index (χ4v) is 1.68. The maximum absolute atomic E-state index is 11.2. The molecule has 15 heavy (non-hydrogen) atoms. The number of rotatable bonds is 5. The minimum absolute atomic E-state index is 0.0697. The van der Waals surface area contributed by atoms with E-state index in [0.29, 0.717) is 12.3 Å². The second-order valence-electron chi connectivity index (χ2n) is 2.96. The first kappa shape index (κ1) is 11.8. The van der Waals surface area contributed by atoms with Crippen LogP contribution in [0.5, 0.6) is 5.75 Å². The van der Waals surface area contributed by atoms with E-state index >= 15 is 0 Å². The summed E-state index contributed by atoms with van der Waals surface area (Å²) in [5.74, 6) is 0.803. The molecule has 0 aliphatic heterocycles. The Kier molecular flexibility index (Phi) is 3.96. The zero-order valence-corrected chi connectivity index (χ0v) is 9.67. The lowest BCUT2D eigenvalue weighted by Crippen LogP contribution is -2.14. The van der Waals surface area contributed by atoms with Crippen LogP contribution in [-0.4, -0.2) is 20.8 Å². The van der Waals surface area contributed by atoms with E-state index in [1.807, 2.05) is 6.92 Å². The number of nitrogens with one attached hydrogen (secondary N) is 1. The summed E-state index contributed by atoms with van der Waals surface area (Å²) in [6, 6.07) is 6.82. The molecule has 0 saturated heterocycles. The predicted octanol–water partition coefficient (Wildman–Crippen LogP) is 1.85. The van der Waals surface area contributed by atoms with Crippen LogP contribution >= 0.6 is 0 Å². The molecule has 1 aromatic rings. The summed E-state index contributed by atoms with van der Waals surface area (Å²) in [5.41, 5.74) is 0.556. The average molecular weight is 229 g/mol. The number of hydrogen-bond acceptors (Lipinski definition) is 3. The topological polar surface area (TPSA) is 55.4 Å². The lowest BCUT2D eigenvalue weighted by atomic mass is 10.3. The van der Waals surface area contributed by atoms with Gasteiger partial charge in [-0.15, -0.1) is 0 Å². The molecule has 0 saturated carbocycles. The Morgan fingerprint density at radius 1 is 1.20 bits per heavy atom. The summed E-state index contributed by atoms with van der Waals surface area (Å²) in [6.07, 6.45) is 0. The van der Waals surface area contributed by atoms with Gasteiger partial charge in [0.15, 0.2) is 0 Å². The average Bonchev–Trinajstić information content (AvgIpc) is 2.21. The van der Waals surface area contributed by atoms with Crippen LogP contribution in [0.1, 0.15) is 13.8 Å². The third kappa shape index (κ3) is 3.79. The van der Waals surface area contributed by atoms with Gasteiger partial charge in [-0.3, -0.25) is 4.72 Å². The zero-order chi connectivity index (χ0) is 11.3. The fourth-order valence-electron chi connectivity index (χ4n) is 1.04. The Labute approximate surface area is 90.3 Å². The molecule has 0 bridgehead atoms. The summed E-state index contributed by atoms with van der Waals surface area (Å²) >= 11 is 0. The molecule has 1 aromatic carbocycles. The van der Waals surface area contributed by atoms with Crippen LogP contribution in [0.3, 0.4) is 0 Å². The number of hydrogen-bond donors (Lipinski definition) is 1. The Hall–Kier alpha value is -1.23. The molecule has 1 N–H and O–H groups in total. The van der Waals surface area contributed by atoms with Gasteiger partial charge in [0, 0.05) is 5.69 Å². The molecule has 84 valence electrons. The summed E-state index contributed by atoms with van der Waals surface area (Å²) in [5, 5.41) is 0. The van der Waals surface area contributed by atoms with E-state index < -0.39 is 10.0 Å². The lowest BCUT2D eigenvalue weighted by Gasteiger charge is -2.07. The first-order valence-corrected chi connectivity index (χ1v) is 6.46. The molecular formula is C10H15NO3S. The molecular weight excluding hydrogens is 214 g/mol. The molecule has 0 aromatic heterocycles. The van der Waals surface area contributed by atoms with E-state index in [2.05, 4.69) is 4.72 Å². The van der Waals surface area contributed by atoms with Crippen LogP contribution in [0.25, 0.3) is 0 Å². The Morgan fingerprint density at radius 2 is 1.80 bits per heavy atom. The summed E-state index contributed by atoms with van der Waals surface area (Å²) in [7, 11) is -3.19. The van der Waals surface area contributed by atoms with Gasteiger partial charge >= 0.3 is 0 Å². The molecule has 0 atom stereocenters. The molecule has 0 amide bonds. The molecule has 0 aliphatic rings. The first-order chi connectivity index (χ1) is 7.07. The van der Waals surface area contributed by atoms with E-state index in [-0.39, 0.29) is 5.75 Å². The molecule has 0 fully saturated rings. The van der Waals surface area contributed by atoms with Gasteiger partial charge in [-0.1, -0.05) is 0 Å². The maximum Gasteiger partial charge on any atom is 0.232 e. The van der Waals surface area contributed by atoms with Gasteiger partial charge in [0.05, 0.1) is 12.4 Å². The minimum Gasteiger partial charge on any atom is -0.494 e. The van der Waals surface area contributed by atoms with Gasteiger partial charge < -0.3 is 4.74 Å². The Bertz CT molecular complexity index is 397. The van der Waals surface area contributed by atoms with Crippen LogP contribution in [0, 0.1) is 0 Å². The summed E-state index contributed by atoms with van der Waals surface area (Å²) in [6.45, 7) is 4.09. The van der Waals surface area contributed by atoms with Crippen LogP contribution < -0.4 is 9.46 Å². The normalized spacial score (nSPS) is 11.1. The minimum atomic E-state index is -3.19. The number of sulfonamides is 1. The molecule has 1 rings (SSSR count). The highest BCUT2D eigenvalue weighted by Crippen LogP contribution is 2.16. The number of ether oxygens (including phenoxy) is 1. The molecule has 0 spiro atoms. The van der Waals surface area contributed by atoms with E-state index in [0.717, 1.165) is 5.75 Å². The second kappa shape index (κ2) is 5.02. The van der Waals surface area contributed by atoms with Gasteiger partial charge in [-0.2, -0.15) is 0 Å². The van der Waals surface area contributed by atoms with Gasteiger partial charge in [0.1, 0.15) is 5.75 Å². The summed E-state index contributed by atoms with van der Waals surface area (Å²) in [4.78, 5) is 0. The van der Waals surface area contributed by atoms with Crippen molar-refractivity contribution in [3.8, 4) is 5.75 Å². The Morgan fingerprint density at radius 3 is 2.27 bits per heavy atom. The monoisotopic (exact) mass is 229 g/mol. The molecule has 0 unspecified atom stereocenters. The van der Waals surface area contributed by atoms with Crippen molar-refractivity contribution in [3.05, 3.63) is 24.3 Å². The molecule has 5 heteroatoms. The van der Waals surface area contributed by atoms with Crippen molar-refractivity contribution in [1.29, 1.82) is 0 Å². The lowest BCUT2D eigenvalue weighted by molar-refractivity contribution is 0.340. The third-order valence-electron chi connectivity index (χ3n) is 1.82. The molecule has 0 heterocycles. The quantitative estimate of drug-likeness (QED) is 0.838. The predicted molar refractivity (Wildman–Crippen MR) is 60.7 cm³/mol. The van der Waals surface area contributed by atoms with Crippen molar-refractivity contribution in [1.82, 2.24) is 0 Å². The number of anilines is 1. The van der Waals surface area contributed by atoms with Crippen LogP contribution in [0.2, 0.25) is 0 Å². The first-order valence-electron chi connectivity index (χ1n) is 4.80. The number of benzene rings is 1. The van der Waals surface area contributed by atoms with Crippen molar-refractivity contribution in [2.24, 2.45) is 0 Å². The van der Waals surface area contributed by atoms with Crippen LogP contribution in [0.15, 0.2) is 24.3 Å².